The number of carbonyl (C=O) groups excluding carboxylic acids is 3. The average Bonchev–Trinajstić information content (AvgIpc) is 3.44. The summed E-state index contributed by atoms with van der Waals surface area (Å²) in [6.45, 7) is 6.45. The van der Waals surface area contributed by atoms with Gasteiger partial charge in [0.1, 0.15) is 13.2 Å². The highest BCUT2D eigenvalue weighted by Gasteiger charge is 2.19. The molecule has 0 rings (SSSR count). The van der Waals surface area contributed by atoms with Crippen LogP contribution in [0.2, 0.25) is 0 Å². The third-order valence-corrected chi connectivity index (χ3v) is 13.4. The average molecular weight is 1080 g/mol. The lowest BCUT2D eigenvalue weighted by Gasteiger charge is -2.18. The standard InChI is InChI=1S/C72H118O6/c1-4-7-10-13-16-19-22-25-28-31-34-36-38-41-44-47-50-53-56-59-62-65-71(74)77-68-69(67-76-70(73)64-61-58-55-52-49-46-43-40-33-30-27-24-21-18-15-12-9-6-3)78-72(75)66-63-60-57-54-51-48-45-42-39-37-35-32-29-26-23-20-17-14-11-8-5-2/h7,10,16,19,21,23-26,28,30,32-36,39,41-42,44,50,53,69H,4-6,8-9,11-15,17-18,20,22,27,29,31,37-38,40,43,45-49,51-52,54-68H2,1-3H3/b10-7-,19-16-,24-21-,26-23-,28-25-,33-30-,35-32-,36-34-,42-39-,44-41-,53-50-. The van der Waals surface area contributed by atoms with E-state index < -0.39 is 6.10 Å². The van der Waals surface area contributed by atoms with E-state index in [1.807, 2.05) is 0 Å². The summed E-state index contributed by atoms with van der Waals surface area (Å²) in [5.74, 6) is -0.968. The number of ether oxygens (including phenoxy) is 3. The molecule has 0 aromatic carbocycles. The monoisotopic (exact) mass is 1080 g/mol. The zero-order valence-corrected chi connectivity index (χ0v) is 50.6. The molecule has 6 heteroatoms. The Hall–Kier alpha value is -4.45. The maximum Gasteiger partial charge on any atom is 0.306 e. The Bertz CT molecular complexity index is 1670. The summed E-state index contributed by atoms with van der Waals surface area (Å²) in [6.07, 6.45) is 91.6. The molecule has 6 nitrogen and oxygen atoms in total. The number of allylic oxidation sites excluding steroid dienone is 22. The number of hydrogen-bond donors (Lipinski definition) is 0. The summed E-state index contributed by atoms with van der Waals surface area (Å²) >= 11 is 0. The van der Waals surface area contributed by atoms with Gasteiger partial charge in [-0.1, -0.05) is 257 Å². The fourth-order valence-electron chi connectivity index (χ4n) is 8.54. The van der Waals surface area contributed by atoms with Crippen LogP contribution in [0.25, 0.3) is 0 Å². The van der Waals surface area contributed by atoms with Crippen molar-refractivity contribution in [3.05, 3.63) is 134 Å². The first-order chi connectivity index (χ1) is 38.5. The maximum absolute atomic E-state index is 12.9. The van der Waals surface area contributed by atoms with E-state index in [-0.39, 0.29) is 31.1 Å². The number of unbranched alkanes of at least 4 members (excludes halogenated alkanes) is 24. The van der Waals surface area contributed by atoms with Crippen LogP contribution in [-0.4, -0.2) is 37.2 Å². The first-order valence-electron chi connectivity index (χ1n) is 32.2. The smallest absolute Gasteiger partial charge is 0.306 e. The van der Waals surface area contributed by atoms with E-state index in [9.17, 15) is 14.4 Å². The second kappa shape index (κ2) is 65.1. The van der Waals surface area contributed by atoms with Crippen LogP contribution < -0.4 is 0 Å². The predicted molar refractivity (Wildman–Crippen MR) is 339 cm³/mol. The van der Waals surface area contributed by atoms with Crippen LogP contribution in [0, 0.1) is 0 Å². The zero-order valence-electron chi connectivity index (χ0n) is 50.6. The van der Waals surface area contributed by atoms with Gasteiger partial charge in [-0.3, -0.25) is 14.4 Å². The molecule has 442 valence electrons. The van der Waals surface area contributed by atoms with Gasteiger partial charge in [0.15, 0.2) is 6.10 Å². The second-order valence-electron chi connectivity index (χ2n) is 20.9. The van der Waals surface area contributed by atoms with E-state index in [1.165, 1.54) is 109 Å². The molecule has 0 aliphatic rings. The zero-order chi connectivity index (χ0) is 56.4. The van der Waals surface area contributed by atoms with Crippen molar-refractivity contribution in [1.29, 1.82) is 0 Å². The third-order valence-electron chi connectivity index (χ3n) is 13.4. The van der Waals surface area contributed by atoms with Crippen molar-refractivity contribution in [1.82, 2.24) is 0 Å². The lowest BCUT2D eigenvalue weighted by Crippen LogP contribution is -2.30. The first kappa shape index (κ1) is 73.5. The minimum absolute atomic E-state index is 0.105. The van der Waals surface area contributed by atoms with E-state index in [2.05, 4.69) is 154 Å². The van der Waals surface area contributed by atoms with Crippen molar-refractivity contribution in [2.24, 2.45) is 0 Å². The maximum atomic E-state index is 12.9. The molecular formula is C72H118O6. The topological polar surface area (TPSA) is 78.9 Å². The Morgan fingerprint density at radius 3 is 0.821 bits per heavy atom. The van der Waals surface area contributed by atoms with Crippen molar-refractivity contribution < 1.29 is 28.6 Å². The Kier molecular flexibility index (Phi) is 61.4. The van der Waals surface area contributed by atoms with Gasteiger partial charge in [0.25, 0.3) is 0 Å². The van der Waals surface area contributed by atoms with Crippen molar-refractivity contribution in [3.8, 4) is 0 Å². The summed E-state index contributed by atoms with van der Waals surface area (Å²) in [7, 11) is 0. The van der Waals surface area contributed by atoms with Gasteiger partial charge in [-0.15, -0.1) is 0 Å². The molecule has 1 atom stereocenters. The molecule has 0 heterocycles. The molecule has 0 aromatic rings. The fourth-order valence-corrected chi connectivity index (χ4v) is 8.54. The van der Waals surface area contributed by atoms with Crippen LogP contribution in [0.3, 0.4) is 0 Å². The minimum atomic E-state index is -0.814. The number of hydrogen-bond acceptors (Lipinski definition) is 6. The summed E-state index contributed by atoms with van der Waals surface area (Å²) < 4.78 is 16.9. The molecule has 0 amide bonds. The van der Waals surface area contributed by atoms with Crippen LogP contribution in [0.1, 0.15) is 284 Å². The normalized spacial score (nSPS) is 13.0. The molecule has 0 aliphatic heterocycles. The minimum Gasteiger partial charge on any atom is -0.462 e. The van der Waals surface area contributed by atoms with Crippen LogP contribution >= 0.6 is 0 Å². The highest BCUT2D eigenvalue weighted by molar-refractivity contribution is 5.71. The van der Waals surface area contributed by atoms with Gasteiger partial charge in [-0.05, 0) is 141 Å². The lowest BCUT2D eigenvalue weighted by atomic mass is 10.1. The summed E-state index contributed by atoms with van der Waals surface area (Å²) in [5.41, 5.74) is 0. The van der Waals surface area contributed by atoms with Gasteiger partial charge in [0.05, 0.1) is 0 Å². The van der Waals surface area contributed by atoms with Crippen LogP contribution in [0.15, 0.2) is 134 Å². The van der Waals surface area contributed by atoms with Gasteiger partial charge in [-0.2, -0.15) is 0 Å². The second-order valence-corrected chi connectivity index (χ2v) is 20.9. The number of esters is 3. The van der Waals surface area contributed by atoms with Crippen molar-refractivity contribution in [2.75, 3.05) is 13.2 Å². The van der Waals surface area contributed by atoms with Gasteiger partial charge in [0.2, 0.25) is 0 Å². The van der Waals surface area contributed by atoms with Crippen LogP contribution in [0.4, 0.5) is 0 Å². The molecule has 0 N–H and O–H groups in total. The molecule has 0 bridgehead atoms. The third kappa shape index (κ3) is 62.4. The van der Waals surface area contributed by atoms with E-state index in [0.29, 0.717) is 25.7 Å². The van der Waals surface area contributed by atoms with Crippen LogP contribution in [0.5, 0.6) is 0 Å². The molecule has 0 aliphatic carbocycles. The molecule has 1 unspecified atom stereocenters. The summed E-state index contributed by atoms with van der Waals surface area (Å²) in [6, 6.07) is 0. The van der Waals surface area contributed by atoms with Gasteiger partial charge in [0, 0.05) is 19.3 Å². The molecule has 0 aromatic heterocycles. The van der Waals surface area contributed by atoms with Crippen molar-refractivity contribution >= 4 is 17.9 Å². The summed E-state index contributed by atoms with van der Waals surface area (Å²) in [5, 5.41) is 0. The number of rotatable bonds is 57. The largest absolute Gasteiger partial charge is 0.462 e. The predicted octanol–water partition coefficient (Wildman–Crippen LogP) is 22.2. The Balaban J connectivity index is 4.53. The molecule has 0 fully saturated rings. The first-order valence-corrected chi connectivity index (χ1v) is 32.2. The van der Waals surface area contributed by atoms with E-state index in [0.717, 1.165) is 128 Å². The molecule has 0 radical (unpaired) electrons. The molecule has 78 heavy (non-hydrogen) atoms. The Morgan fingerprint density at radius 1 is 0.269 bits per heavy atom. The highest BCUT2D eigenvalue weighted by atomic mass is 16.6. The number of carbonyl (C=O) groups is 3. The molecule has 0 spiro atoms. The van der Waals surface area contributed by atoms with Crippen molar-refractivity contribution in [3.63, 3.8) is 0 Å². The quantitative estimate of drug-likeness (QED) is 0.0261. The summed E-state index contributed by atoms with van der Waals surface area (Å²) in [4.78, 5) is 38.4. The highest BCUT2D eigenvalue weighted by Crippen LogP contribution is 2.14. The van der Waals surface area contributed by atoms with Gasteiger partial charge in [-0.25, -0.2) is 0 Å². The van der Waals surface area contributed by atoms with E-state index >= 15 is 0 Å². The molecule has 0 saturated carbocycles. The van der Waals surface area contributed by atoms with E-state index in [1.54, 1.807) is 0 Å². The van der Waals surface area contributed by atoms with Gasteiger partial charge < -0.3 is 14.2 Å². The fraction of sp³-hybridized carbons (Fsp3) is 0.653. The van der Waals surface area contributed by atoms with E-state index in [4.69, 9.17) is 14.2 Å². The van der Waals surface area contributed by atoms with Crippen LogP contribution in [-0.2, 0) is 28.6 Å². The Labute approximate surface area is 481 Å². The molecule has 0 saturated heterocycles. The molecular weight excluding hydrogens is 961 g/mol. The van der Waals surface area contributed by atoms with Crippen molar-refractivity contribution in [2.45, 2.75) is 290 Å². The lowest BCUT2D eigenvalue weighted by molar-refractivity contribution is -0.167. The SMILES string of the molecule is CC/C=C\C/C=C\C/C=C\C/C=C\C/C=C\C/C=C\CCCCC(=O)OCC(COC(=O)CCCCCCCCC/C=C\C/C=C\CCCCCC)OC(=O)CCCCCCCC/C=C\C/C=C\C/C=C\CCCCCCC. The van der Waals surface area contributed by atoms with Gasteiger partial charge >= 0.3 is 17.9 Å². The Morgan fingerprint density at radius 2 is 0.500 bits per heavy atom.